The van der Waals surface area contributed by atoms with Crippen molar-refractivity contribution in [3.05, 3.63) is 63.5 Å². The number of halogens is 1. The number of nitrogens with two attached hydrogens (primary N) is 1. The van der Waals surface area contributed by atoms with Gasteiger partial charge in [0.05, 0.1) is 18.2 Å². The van der Waals surface area contributed by atoms with Gasteiger partial charge in [-0.25, -0.2) is 4.39 Å². The SMILES string of the molecule is COc1c(C(N)=O)cc(Cc2ccc(C=O)c(F)c2)c2c1CCCC2. The number of ether oxygens (including phenoxy) is 1. The highest BCUT2D eigenvalue weighted by Crippen LogP contribution is 2.36. The normalized spacial score (nSPS) is 13.2. The van der Waals surface area contributed by atoms with Crippen LogP contribution in [0.4, 0.5) is 4.39 Å². The summed E-state index contributed by atoms with van der Waals surface area (Å²) in [7, 11) is 1.55. The van der Waals surface area contributed by atoms with E-state index in [1.165, 1.54) is 12.1 Å². The largest absolute Gasteiger partial charge is 0.496 e. The highest BCUT2D eigenvalue weighted by Gasteiger charge is 2.23. The molecule has 4 nitrogen and oxygen atoms in total. The van der Waals surface area contributed by atoms with Crippen molar-refractivity contribution >= 4 is 12.2 Å². The standard InChI is InChI=1S/C20H20FNO3/c1-25-19-16-5-3-2-4-15(16)14(10-17(19)20(22)24)8-12-6-7-13(11-23)18(21)9-12/h6-7,9-11H,2-5,8H2,1H3,(H2,22,24). The number of amides is 1. The lowest BCUT2D eigenvalue weighted by Gasteiger charge is -2.24. The molecule has 0 aromatic heterocycles. The molecule has 0 fully saturated rings. The van der Waals surface area contributed by atoms with E-state index in [-0.39, 0.29) is 5.56 Å². The number of carbonyl (C=O) groups is 2. The average Bonchev–Trinajstić information content (AvgIpc) is 2.61. The third kappa shape index (κ3) is 3.27. The average molecular weight is 341 g/mol. The summed E-state index contributed by atoms with van der Waals surface area (Å²) >= 11 is 0. The summed E-state index contributed by atoms with van der Waals surface area (Å²) < 4.78 is 19.4. The van der Waals surface area contributed by atoms with Crippen molar-refractivity contribution in [3.63, 3.8) is 0 Å². The van der Waals surface area contributed by atoms with Gasteiger partial charge < -0.3 is 10.5 Å². The van der Waals surface area contributed by atoms with E-state index in [0.29, 0.717) is 24.0 Å². The first-order valence-corrected chi connectivity index (χ1v) is 8.30. The number of methoxy groups -OCH3 is 1. The predicted molar refractivity (Wildman–Crippen MR) is 92.7 cm³/mol. The molecule has 0 heterocycles. The van der Waals surface area contributed by atoms with Gasteiger partial charge in [-0.3, -0.25) is 9.59 Å². The van der Waals surface area contributed by atoms with Gasteiger partial charge in [0.15, 0.2) is 6.29 Å². The van der Waals surface area contributed by atoms with Crippen LogP contribution >= 0.6 is 0 Å². The molecular formula is C20H20FNO3. The Morgan fingerprint density at radius 1 is 1.24 bits per heavy atom. The molecule has 5 heteroatoms. The summed E-state index contributed by atoms with van der Waals surface area (Å²) in [4.78, 5) is 22.6. The lowest BCUT2D eigenvalue weighted by Crippen LogP contribution is -2.17. The van der Waals surface area contributed by atoms with E-state index in [2.05, 4.69) is 0 Å². The van der Waals surface area contributed by atoms with Crippen molar-refractivity contribution in [3.8, 4) is 5.75 Å². The molecule has 2 N–H and O–H groups in total. The van der Waals surface area contributed by atoms with Gasteiger partial charge in [0, 0.05) is 0 Å². The molecule has 130 valence electrons. The quantitative estimate of drug-likeness (QED) is 0.849. The maximum atomic E-state index is 13.9. The van der Waals surface area contributed by atoms with Crippen LogP contribution in [-0.2, 0) is 19.3 Å². The van der Waals surface area contributed by atoms with Crippen LogP contribution in [0.25, 0.3) is 0 Å². The Hall–Kier alpha value is -2.69. The summed E-state index contributed by atoms with van der Waals surface area (Å²) in [5.41, 5.74) is 9.83. The zero-order valence-corrected chi connectivity index (χ0v) is 14.1. The first-order chi connectivity index (χ1) is 12.0. The Labute approximate surface area is 145 Å². The lowest BCUT2D eigenvalue weighted by atomic mass is 9.83. The zero-order chi connectivity index (χ0) is 18.0. The molecule has 0 saturated heterocycles. The van der Waals surface area contributed by atoms with Crippen LogP contribution in [0.2, 0.25) is 0 Å². The number of hydrogen-bond donors (Lipinski definition) is 1. The van der Waals surface area contributed by atoms with Gasteiger partial charge in [0.2, 0.25) is 0 Å². The Morgan fingerprint density at radius 2 is 1.96 bits per heavy atom. The first kappa shape index (κ1) is 17.1. The van der Waals surface area contributed by atoms with Crippen molar-refractivity contribution in [2.75, 3.05) is 7.11 Å². The van der Waals surface area contributed by atoms with Crippen molar-refractivity contribution in [1.82, 2.24) is 0 Å². The Morgan fingerprint density at radius 3 is 2.56 bits per heavy atom. The summed E-state index contributed by atoms with van der Waals surface area (Å²) in [6.07, 6.45) is 4.81. The van der Waals surface area contributed by atoms with E-state index >= 15 is 0 Å². The minimum Gasteiger partial charge on any atom is -0.496 e. The molecule has 1 aliphatic rings. The van der Waals surface area contributed by atoms with Crippen LogP contribution < -0.4 is 10.5 Å². The van der Waals surface area contributed by atoms with Crippen LogP contribution in [0.3, 0.4) is 0 Å². The minimum absolute atomic E-state index is 0.0401. The van der Waals surface area contributed by atoms with E-state index in [1.54, 1.807) is 19.2 Å². The van der Waals surface area contributed by atoms with Crippen LogP contribution in [0.15, 0.2) is 24.3 Å². The van der Waals surface area contributed by atoms with Gasteiger partial charge >= 0.3 is 0 Å². The number of primary amides is 1. The highest BCUT2D eigenvalue weighted by molar-refractivity contribution is 5.96. The smallest absolute Gasteiger partial charge is 0.252 e. The van der Waals surface area contributed by atoms with Gasteiger partial charge in [-0.2, -0.15) is 0 Å². The third-order valence-corrected chi connectivity index (χ3v) is 4.75. The molecule has 25 heavy (non-hydrogen) atoms. The number of fused-ring (bicyclic) bond motifs is 1. The predicted octanol–water partition coefficient (Wildman–Crippen LogP) is 3.22. The number of aldehydes is 1. The molecule has 2 aromatic rings. The summed E-state index contributed by atoms with van der Waals surface area (Å²) in [5, 5.41) is 0. The second kappa shape index (κ2) is 7.05. The van der Waals surface area contributed by atoms with Crippen LogP contribution in [0.1, 0.15) is 55.8 Å². The molecule has 0 bridgehead atoms. The minimum atomic E-state index is -0.537. The maximum absolute atomic E-state index is 13.9. The molecule has 2 aromatic carbocycles. The molecule has 3 rings (SSSR count). The van der Waals surface area contributed by atoms with E-state index in [4.69, 9.17) is 10.5 Å². The van der Waals surface area contributed by atoms with Gasteiger partial charge in [0.25, 0.3) is 5.91 Å². The molecule has 1 amide bonds. The third-order valence-electron chi connectivity index (χ3n) is 4.75. The molecule has 0 spiro atoms. The van der Waals surface area contributed by atoms with Gasteiger partial charge in [-0.15, -0.1) is 0 Å². The fraction of sp³-hybridized carbons (Fsp3) is 0.300. The molecular weight excluding hydrogens is 321 g/mol. The number of rotatable bonds is 5. The maximum Gasteiger partial charge on any atom is 0.252 e. The van der Waals surface area contributed by atoms with Crippen LogP contribution in [-0.4, -0.2) is 19.3 Å². The topological polar surface area (TPSA) is 69.4 Å². The van der Waals surface area contributed by atoms with Crippen molar-refractivity contribution < 1.29 is 18.7 Å². The molecule has 0 atom stereocenters. The van der Waals surface area contributed by atoms with Gasteiger partial charge in [0.1, 0.15) is 11.6 Å². The summed E-state index contributed by atoms with van der Waals surface area (Å²) in [6.45, 7) is 0. The number of benzene rings is 2. The molecule has 0 aliphatic heterocycles. The second-order valence-electron chi connectivity index (χ2n) is 6.30. The number of carbonyl (C=O) groups excluding carboxylic acids is 2. The van der Waals surface area contributed by atoms with Crippen molar-refractivity contribution in [2.24, 2.45) is 5.73 Å². The zero-order valence-electron chi connectivity index (χ0n) is 14.1. The second-order valence-corrected chi connectivity index (χ2v) is 6.30. The Balaban J connectivity index is 2.09. The number of hydrogen-bond acceptors (Lipinski definition) is 3. The van der Waals surface area contributed by atoms with Crippen molar-refractivity contribution in [1.29, 1.82) is 0 Å². The fourth-order valence-corrected chi connectivity index (χ4v) is 3.57. The van der Waals surface area contributed by atoms with E-state index in [0.717, 1.165) is 47.9 Å². The lowest BCUT2D eigenvalue weighted by molar-refractivity contribution is 0.0996. The Bertz CT molecular complexity index is 845. The molecule has 1 aliphatic carbocycles. The summed E-state index contributed by atoms with van der Waals surface area (Å²) in [6, 6.07) is 6.34. The van der Waals surface area contributed by atoms with Gasteiger partial charge in [-0.05, 0) is 72.6 Å². The van der Waals surface area contributed by atoms with E-state index in [9.17, 15) is 14.0 Å². The molecule has 0 saturated carbocycles. The summed E-state index contributed by atoms with van der Waals surface area (Å²) in [5.74, 6) is -0.507. The highest BCUT2D eigenvalue weighted by atomic mass is 19.1. The van der Waals surface area contributed by atoms with E-state index < -0.39 is 11.7 Å². The van der Waals surface area contributed by atoms with Crippen LogP contribution in [0, 0.1) is 5.82 Å². The first-order valence-electron chi connectivity index (χ1n) is 8.30. The molecule has 0 radical (unpaired) electrons. The van der Waals surface area contributed by atoms with Gasteiger partial charge in [-0.1, -0.05) is 6.07 Å². The van der Waals surface area contributed by atoms with E-state index in [1.807, 2.05) is 0 Å². The molecule has 0 unspecified atom stereocenters. The fourth-order valence-electron chi connectivity index (χ4n) is 3.57. The van der Waals surface area contributed by atoms with Crippen molar-refractivity contribution in [2.45, 2.75) is 32.1 Å². The van der Waals surface area contributed by atoms with Crippen LogP contribution in [0.5, 0.6) is 5.75 Å². The Kier molecular flexibility index (Phi) is 4.83. The monoisotopic (exact) mass is 341 g/mol.